The summed E-state index contributed by atoms with van der Waals surface area (Å²) in [6.07, 6.45) is 2.05. The van der Waals surface area contributed by atoms with Crippen molar-refractivity contribution in [2.45, 2.75) is 6.92 Å². The molecule has 0 aliphatic carbocycles. The van der Waals surface area contributed by atoms with Gasteiger partial charge in [-0.3, -0.25) is 0 Å². The normalized spacial score (nSPS) is 10.7. The highest BCUT2D eigenvalue weighted by atomic mass is 15.1. The molecule has 0 atom stereocenters. The molecular formula is C11H14N2. The zero-order valence-electron chi connectivity index (χ0n) is 8.26. The first-order valence-corrected chi connectivity index (χ1v) is 4.44. The van der Waals surface area contributed by atoms with Gasteiger partial charge in [0.05, 0.1) is 0 Å². The summed E-state index contributed by atoms with van der Waals surface area (Å²) in [5.74, 6) is 0. The maximum absolute atomic E-state index is 3.26. The number of aromatic amines is 1. The van der Waals surface area contributed by atoms with Crippen LogP contribution in [0.3, 0.4) is 0 Å². The van der Waals surface area contributed by atoms with E-state index in [4.69, 9.17) is 0 Å². The van der Waals surface area contributed by atoms with Crippen LogP contribution in [0.15, 0.2) is 24.4 Å². The molecule has 2 aromatic rings. The van der Waals surface area contributed by atoms with Crippen LogP contribution in [0.2, 0.25) is 0 Å². The summed E-state index contributed by atoms with van der Waals surface area (Å²) in [5.41, 5.74) is 3.79. The minimum atomic E-state index is 1.21. The Kier molecular flexibility index (Phi) is 1.76. The predicted molar refractivity (Wildman–Crippen MR) is 57.4 cm³/mol. The first kappa shape index (κ1) is 8.17. The molecule has 68 valence electrons. The fraction of sp³-hybridized carbons (Fsp3) is 0.273. The first-order chi connectivity index (χ1) is 6.20. The lowest BCUT2D eigenvalue weighted by molar-refractivity contribution is 1.14. The second-order valence-electron chi connectivity index (χ2n) is 3.57. The van der Waals surface area contributed by atoms with E-state index in [-0.39, 0.29) is 0 Å². The molecule has 0 aliphatic rings. The smallest absolute Gasteiger partial charge is 0.0477 e. The lowest BCUT2D eigenvalue weighted by Crippen LogP contribution is -2.08. The molecule has 1 heterocycles. The maximum Gasteiger partial charge on any atom is 0.0477 e. The number of hydrogen-bond acceptors (Lipinski definition) is 1. The van der Waals surface area contributed by atoms with Gasteiger partial charge in [-0.1, -0.05) is 6.07 Å². The van der Waals surface area contributed by atoms with Crippen molar-refractivity contribution in [3.8, 4) is 0 Å². The Bertz CT molecular complexity index is 427. The quantitative estimate of drug-likeness (QED) is 0.704. The molecule has 0 amide bonds. The molecule has 0 unspecified atom stereocenters. The van der Waals surface area contributed by atoms with Crippen LogP contribution in [-0.4, -0.2) is 19.1 Å². The van der Waals surface area contributed by atoms with Crippen molar-refractivity contribution in [3.05, 3.63) is 30.0 Å². The highest BCUT2D eigenvalue weighted by Crippen LogP contribution is 2.27. The third-order valence-corrected chi connectivity index (χ3v) is 2.36. The van der Waals surface area contributed by atoms with Crippen molar-refractivity contribution in [1.29, 1.82) is 0 Å². The van der Waals surface area contributed by atoms with E-state index in [0.29, 0.717) is 0 Å². The number of H-pyrrole nitrogens is 1. The Morgan fingerprint density at radius 1 is 1.23 bits per heavy atom. The average Bonchev–Trinajstić information content (AvgIpc) is 2.48. The summed E-state index contributed by atoms with van der Waals surface area (Å²) in [7, 11) is 4.14. The van der Waals surface area contributed by atoms with Gasteiger partial charge in [0.25, 0.3) is 0 Å². The molecule has 2 rings (SSSR count). The summed E-state index contributed by atoms with van der Waals surface area (Å²) >= 11 is 0. The SMILES string of the molecule is Cc1c[nH]c2cccc(N(C)C)c12. The van der Waals surface area contributed by atoms with E-state index in [1.165, 1.54) is 22.2 Å². The maximum atomic E-state index is 3.26. The molecule has 0 spiro atoms. The van der Waals surface area contributed by atoms with Gasteiger partial charge in [-0.05, 0) is 24.6 Å². The number of fused-ring (bicyclic) bond motifs is 1. The zero-order chi connectivity index (χ0) is 9.42. The number of aryl methyl sites for hydroxylation is 1. The van der Waals surface area contributed by atoms with E-state index in [0.717, 1.165) is 0 Å². The Hall–Kier alpha value is -1.44. The largest absolute Gasteiger partial charge is 0.377 e. The van der Waals surface area contributed by atoms with Gasteiger partial charge < -0.3 is 9.88 Å². The van der Waals surface area contributed by atoms with Gasteiger partial charge in [0, 0.05) is 36.9 Å². The van der Waals surface area contributed by atoms with Crippen LogP contribution in [0.5, 0.6) is 0 Å². The second kappa shape index (κ2) is 2.80. The average molecular weight is 174 g/mol. The Morgan fingerprint density at radius 2 is 2.00 bits per heavy atom. The molecule has 0 bridgehead atoms. The number of nitrogens with zero attached hydrogens (tertiary/aromatic N) is 1. The van der Waals surface area contributed by atoms with Gasteiger partial charge in [-0.15, -0.1) is 0 Å². The van der Waals surface area contributed by atoms with Gasteiger partial charge in [-0.2, -0.15) is 0 Å². The Morgan fingerprint density at radius 3 is 2.69 bits per heavy atom. The number of benzene rings is 1. The highest BCUT2D eigenvalue weighted by molar-refractivity contribution is 5.95. The van der Waals surface area contributed by atoms with E-state index in [2.05, 4.69) is 55.3 Å². The number of anilines is 1. The van der Waals surface area contributed by atoms with E-state index in [1.54, 1.807) is 0 Å². The van der Waals surface area contributed by atoms with Crippen molar-refractivity contribution in [3.63, 3.8) is 0 Å². The highest BCUT2D eigenvalue weighted by Gasteiger charge is 2.05. The van der Waals surface area contributed by atoms with Crippen LogP contribution in [0.1, 0.15) is 5.56 Å². The molecule has 0 saturated carbocycles. The van der Waals surface area contributed by atoms with Gasteiger partial charge in [0.15, 0.2) is 0 Å². The molecule has 0 saturated heterocycles. The molecule has 1 N–H and O–H groups in total. The van der Waals surface area contributed by atoms with Crippen LogP contribution in [0.25, 0.3) is 10.9 Å². The van der Waals surface area contributed by atoms with Gasteiger partial charge in [-0.25, -0.2) is 0 Å². The lowest BCUT2D eigenvalue weighted by Gasteiger charge is -2.14. The van der Waals surface area contributed by atoms with Crippen LogP contribution in [0.4, 0.5) is 5.69 Å². The second-order valence-corrected chi connectivity index (χ2v) is 3.57. The van der Waals surface area contributed by atoms with Crippen LogP contribution < -0.4 is 4.90 Å². The van der Waals surface area contributed by atoms with Gasteiger partial charge in [0.2, 0.25) is 0 Å². The fourth-order valence-electron chi connectivity index (χ4n) is 1.71. The van der Waals surface area contributed by atoms with Crippen LogP contribution >= 0.6 is 0 Å². The topological polar surface area (TPSA) is 19.0 Å². The standard InChI is InChI=1S/C11H14N2/c1-8-7-12-9-5-4-6-10(11(8)9)13(2)3/h4-7,12H,1-3H3. The number of hydrogen-bond donors (Lipinski definition) is 1. The summed E-state index contributed by atoms with van der Waals surface area (Å²) in [6.45, 7) is 2.13. The third kappa shape index (κ3) is 1.18. The monoisotopic (exact) mass is 174 g/mol. The van der Waals surface area contributed by atoms with Crippen molar-refractivity contribution in [1.82, 2.24) is 4.98 Å². The molecule has 2 nitrogen and oxygen atoms in total. The number of aromatic nitrogens is 1. The molecule has 0 radical (unpaired) electrons. The number of rotatable bonds is 1. The van der Waals surface area contributed by atoms with Crippen molar-refractivity contribution in [2.24, 2.45) is 0 Å². The minimum absolute atomic E-state index is 1.21. The molecule has 0 fully saturated rings. The van der Waals surface area contributed by atoms with Crippen LogP contribution in [0, 0.1) is 6.92 Å². The third-order valence-electron chi connectivity index (χ3n) is 2.36. The minimum Gasteiger partial charge on any atom is -0.377 e. The van der Waals surface area contributed by atoms with Crippen molar-refractivity contribution >= 4 is 16.6 Å². The van der Waals surface area contributed by atoms with Gasteiger partial charge >= 0.3 is 0 Å². The van der Waals surface area contributed by atoms with E-state index in [9.17, 15) is 0 Å². The lowest BCUT2D eigenvalue weighted by atomic mass is 10.1. The predicted octanol–water partition coefficient (Wildman–Crippen LogP) is 2.54. The summed E-state index contributed by atoms with van der Waals surface area (Å²) < 4.78 is 0. The molecule has 1 aromatic heterocycles. The van der Waals surface area contributed by atoms with E-state index in [1.807, 2.05) is 0 Å². The first-order valence-electron chi connectivity index (χ1n) is 4.44. The van der Waals surface area contributed by atoms with E-state index < -0.39 is 0 Å². The zero-order valence-corrected chi connectivity index (χ0v) is 8.26. The van der Waals surface area contributed by atoms with E-state index >= 15 is 0 Å². The molecule has 0 aliphatic heterocycles. The van der Waals surface area contributed by atoms with Crippen molar-refractivity contribution < 1.29 is 0 Å². The molecular weight excluding hydrogens is 160 g/mol. The molecule has 13 heavy (non-hydrogen) atoms. The fourth-order valence-corrected chi connectivity index (χ4v) is 1.71. The molecule has 1 aromatic carbocycles. The van der Waals surface area contributed by atoms with Crippen LogP contribution in [-0.2, 0) is 0 Å². The molecule has 2 heteroatoms. The summed E-state index contributed by atoms with van der Waals surface area (Å²) in [6, 6.07) is 6.33. The van der Waals surface area contributed by atoms with Crippen molar-refractivity contribution in [2.75, 3.05) is 19.0 Å². The Balaban J connectivity index is 2.80. The number of nitrogens with one attached hydrogen (secondary N) is 1. The Labute approximate surface area is 78.2 Å². The summed E-state index contributed by atoms with van der Waals surface area (Å²) in [5, 5.41) is 1.33. The summed E-state index contributed by atoms with van der Waals surface area (Å²) in [4.78, 5) is 5.40. The van der Waals surface area contributed by atoms with Gasteiger partial charge in [0.1, 0.15) is 0 Å².